The van der Waals surface area contributed by atoms with E-state index >= 15 is 0 Å². The van der Waals surface area contributed by atoms with Crippen LogP contribution in [0.25, 0.3) is 0 Å². The summed E-state index contributed by atoms with van der Waals surface area (Å²) in [6.07, 6.45) is 0.750. The van der Waals surface area contributed by atoms with Gasteiger partial charge in [0.2, 0.25) is 0 Å². The van der Waals surface area contributed by atoms with Gasteiger partial charge in [-0.15, -0.1) is 11.4 Å². The largest absolute Gasteiger partial charge is 1.00 e. The molecule has 0 aliphatic carbocycles. The summed E-state index contributed by atoms with van der Waals surface area (Å²) < 4.78 is 25.3. The van der Waals surface area contributed by atoms with Gasteiger partial charge in [0.1, 0.15) is 0 Å². The van der Waals surface area contributed by atoms with Crippen molar-refractivity contribution in [2.45, 2.75) is 0 Å². The molecule has 0 saturated carbocycles. The minimum Gasteiger partial charge on any atom is -0.784 e. The zero-order valence-corrected chi connectivity index (χ0v) is 12.4. The van der Waals surface area contributed by atoms with Gasteiger partial charge in [0.25, 0.3) is 0 Å². The molecule has 0 saturated heterocycles. The van der Waals surface area contributed by atoms with E-state index in [4.69, 9.17) is 18.7 Å². The van der Waals surface area contributed by atoms with Crippen molar-refractivity contribution in [1.29, 1.82) is 5.41 Å². The van der Waals surface area contributed by atoms with Crippen LogP contribution >= 0.6 is 0 Å². The number of nitrogens with two attached hydrogens (primary N) is 1. The van der Waals surface area contributed by atoms with Crippen LogP contribution < -0.4 is 109 Å². The SMILES string of the molecule is N=CN.O=S([O-])[O-].[K+].[K+]. The molecule has 0 spiro atoms. The Kier molecular flexibility index (Phi) is 56.4. The normalized spacial score (nSPS) is 5.22. The quantitative estimate of drug-likeness (QED) is 0.176. The Labute approximate surface area is 141 Å². The van der Waals surface area contributed by atoms with Gasteiger partial charge < -0.3 is 14.8 Å². The van der Waals surface area contributed by atoms with Crippen molar-refractivity contribution < 1.29 is 116 Å². The fourth-order valence-corrected chi connectivity index (χ4v) is 0. The van der Waals surface area contributed by atoms with Gasteiger partial charge in [-0.2, -0.15) is 0 Å². The van der Waals surface area contributed by atoms with Crippen molar-refractivity contribution in [2.24, 2.45) is 5.73 Å². The predicted molar refractivity (Wildman–Crippen MR) is 22.7 cm³/mol. The summed E-state index contributed by atoms with van der Waals surface area (Å²) in [4.78, 5) is 0. The zero-order chi connectivity index (χ0) is 6.28. The standard InChI is InChI=1S/CH4N2.2K.H2O3S/c2-1-3;;;1-4(2)3/h1H,(H3,2,3);;;(H2,1,2,3)/q;2*+1;/p-2. The van der Waals surface area contributed by atoms with E-state index < -0.39 is 11.4 Å². The van der Waals surface area contributed by atoms with Crippen LogP contribution in [0.15, 0.2) is 0 Å². The van der Waals surface area contributed by atoms with Crippen molar-refractivity contribution in [3.05, 3.63) is 0 Å². The second-order valence-electron chi connectivity index (χ2n) is 0.371. The average Bonchev–Trinajstić information content (AvgIpc) is 1.33. The van der Waals surface area contributed by atoms with Crippen molar-refractivity contribution in [2.75, 3.05) is 0 Å². The van der Waals surface area contributed by atoms with Gasteiger partial charge >= 0.3 is 103 Å². The van der Waals surface area contributed by atoms with E-state index in [0.29, 0.717) is 0 Å². The minimum atomic E-state index is -3.11. The molecule has 0 aromatic heterocycles. The van der Waals surface area contributed by atoms with Crippen LogP contribution in [0.2, 0.25) is 0 Å². The number of hydrogen-bond acceptors (Lipinski definition) is 4. The molecular formula is CH4K2N2O3S. The van der Waals surface area contributed by atoms with Gasteiger partial charge in [-0.3, -0.25) is 9.62 Å². The first-order chi connectivity index (χ1) is 3.15. The Balaban J connectivity index is -0.0000000233. The molecule has 0 aliphatic heterocycles. The number of rotatable bonds is 0. The fraction of sp³-hybridized carbons (Fsp3) is 0. The molecule has 0 aromatic carbocycles. The summed E-state index contributed by atoms with van der Waals surface area (Å²) >= 11 is -3.11. The molecule has 5 nitrogen and oxygen atoms in total. The van der Waals surface area contributed by atoms with Gasteiger partial charge in [-0.1, -0.05) is 0 Å². The molecule has 0 rings (SSSR count). The molecule has 0 heterocycles. The summed E-state index contributed by atoms with van der Waals surface area (Å²) in [6, 6.07) is 0. The Morgan fingerprint density at radius 3 is 1.44 bits per heavy atom. The molecule has 0 aromatic rings. The van der Waals surface area contributed by atoms with E-state index in [9.17, 15) is 0 Å². The second kappa shape index (κ2) is 22.4. The van der Waals surface area contributed by atoms with E-state index in [1.54, 1.807) is 0 Å². The molecule has 0 bridgehead atoms. The summed E-state index contributed by atoms with van der Waals surface area (Å²) in [5.74, 6) is 0. The van der Waals surface area contributed by atoms with E-state index in [-0.39, 0.29) is 103 Å². The summed E-state index contributed by atoms with van der Waals surface area (Å²) in [6.45, 7) is 0. The molecule has 0 atom stereocenters. The fourth-order valence-electron chi connectivity index (χ4n) is 0. The van der Waals surface area contributed by atoms with Gasteiger partial charge in [0.15, 0.2) is 0 Å². The first kappa shape index (κ1) is 22.6. The molecule has 0 amide bonds. The molecular weight excluding hydrogens is 198 g/mol. The van der Waals surface area contributed by atoms with Crippen LogP contribution in [0.1, 0.15) is 0 Å². The monoisotopic (exact) mass is 202 g/mol. The van der Waals surface area contributed by atoms with E-state index in [1.807, 2.05) is 0 Å². The van der Waals surface area contributed by atoms with Crippen molar-refractivity contribution >= 4 is 17.7 Å². The third kappa shape index (κ3) is 106. The summed E-state index contributed by atoms with van der Waals surface area (Å²) in [5, 5.41) is 5.86. The number of nitrogens with one attached hydrogen (secondary N) is 1. The molecule has 8 heteroatoms. The summed E-state index contributed by atoms with van der Waals surface area (Å²) in [5.41, 5.74) is 4.39. The summed E-state index contributed by atoms with van der Waals surface area (Å²) in [7, 11) is 0. The van der Waals surface area contributed by atoms with E-state index in [1.165, 1.54) is 0 Å². The van der Waals surface area contributed by atoms with Crippen LogP contribution in [0, 0.1) is 5.41 Å². The van der Waals surface area contributed by atoms with Crippen LogP contribution in [0.3, 0.4) is 0 Å². The third-order valence-corrected chi connectivity index (χ3v) is 0. The Hall–Kier alpha value is 2.81. The maximum atomic E-state index is 8.44. The van der Waals surface area contributed by atoms with Gasteiger partial charge in [-0.25, -0.2) is 0 Å². The van der Waals surface area contributed by atoms with Crippen molar-refractivity contribution in [3.8, 4) is 0 Å². The molecule has 0 fully saturated rings. The second-order valence-corrected chi connectivity index (χ2v) is 0.779. The number of hydrogen-bond donors (Lipinski definition) is 2. The topological polar surface area (TPSA) is 113 Å². The van der Waals surface area contributed by atoms with Gasteiger partial charge in [0, 0.05) is 0 Å². The maximum absolute atomic E-state index is 8.44. The molecule has 3 N–H and O–H groups in total. The van der Waals surface area contributed by atoms with Crippen molar-refractivity contribution in [3.63, 3.8) is 0 Å². The molecule has 9 heavy (non-hydrogen) atoms. The first-order valence-corrected chi connectivity index (χ1v) is 2.12. The van der Waals surface area contributed by atoms with Crippen LogP contribution in [0.4, 0.5) is 0 Å². The van der Waals surface area contributed by atoms with Gasteiger partial charge in [0.05, 0.1) is 6.34 Å². The third-order valence-electron chi connectivity index (χ3n) is 0. The van der Waals surface area contributed by atoms with Gasteiger partial charge in [-0.05, 0) is 0 Å². The molecule has 0 aliphatic rings. The minimum absolute atomic E-state index is 0. The maximum Gasteiger partial charge on any atom is 1.00 e. The average molecular weight is 202 g/mol. The predicted octanol–water partition coefficient (Wildman–Crippen LogP) is -7.44. The zero-order valence-electron chi connectivity index (χ0n) is 5.29. The Bertz CT molecular complexity index is 66.8. The van der Waals surface area contributed by atoms with Crippen LogP contribution in [-0.2, 0) is 11.4 Å². The molecule has 0 unspecified atom stereocenters. The van der Waals surface area contributed by atoms with E-state index in [0.717, 1.165) is 6.34 Å². The molecule has 0 radical (unpaired) electrons. The van der Waals surface area contributed by atoms with E-state index in [2.05, 4.69) is 5.73 Å². The van der Waals surface area contributed by atoms with Crippen LogP contribution in [-0.4, -0.2) is 19.7 Å². The molecule has 44 valence electrons. The first-order valence-electron chi connectivity index (χ1n) is 1.12. The smallest absolute Gasteiger partial charge is 0.784 e. The Morgan fingerprint density at radius 2 is 1.44 bits per heavy atom. The van der Waals surface area contributed by atoms with Crippen molar-refractivity contribution in [1.82, 2.24) is 0 Å². The van der Waals surface area contributed by atoms with Crippen LogP contribution in [0.5, 0.6) is 0 Å². The Morgan fingerprint density at radius 1 is 1.44 bits per heavy atom.